The fourth-order valence-corrected chi connectivity index (χ4v) is 2.25. The minimum Gasteiger partial charge on any atom is -0.493 e. The third-order valence-corrected chi connectivity index (χ3v) is 2.99. The highest BCUT2D eigenvalue weighted by atomic mass is 16.5. The molecule has 1 aromatic carbocycles. The molecule has 1 unspecified atom stereocenters. The maximum Gasteiger partial charge on any atom is 0.123 e. The van der Waals surface area contributed by atoms with E-state index in [-0.39, 0.29) is 6.04 Å². The highest BCUT2D eigenvalue weighted by Crippen LogP contribution is 2.29. The molecule has 16 heavy (non-hydrogen) atoms. The lowest BCUT2D eigenvalue weighted by Gasteiger charge is -2.09. The van der Waals surface area contributed by atoms with E-state index in [1.165, 1.54) is 16.7 Å². The van der Waals surface area contributed by atoms with Crippen LogP contribution in [0.2, 0.25) is 0 Å². The second-order valence-corrected chi connectivity index (χ2v) is 4.35. The van der Waals surface area contributed by atoms with Crippen LogP contribution in [0.25, 0.3) is 0 Å². The van der Waals surface area contributed by atoms with Crippen LogP contribution in [-0.2, 0) is 17.6 Å². The number of ether oxygens (including phenoxy) is 1. The van der Waals surface area contributed by atoms with Crippen LogP contribution in [0.4, 0.5) is 0 Å². The summed E-state index contributed by atoms with van der Waals surface area (Å²) in [5.41, 5.74) is 9.85. The molecular weight excluding hydrogens is 202 g/mol. The number of aryl methyl sites for hydroxylation is 1. The molecule has 0 spiro atoms. The van der Waals surface area contributed by atoms with Crippen LogP contribution in [0.3, 0.4) is 0 Å². The van der Waals surface area contributed by atoms with Crippen molar-refractivity contribution < 1.29 is 9.53 Å². The Morgan fingerprint density at radius 3 is 3.06 bits per heavy atom. The van der Waals surface area contributed by atoms with E-state index < -0.39 is 0 Å². The third kappa shape index (κ3) is 2.25. The van der Waals surface area contributed by atoms with E-state index in [1.807, 2.05) is 6.07 Å². The number of fused-ring (bicyclic) bond motifs is 1. The number of benzene rings is 1. The Morgan fingerprint density at radius 2 is 2.31 bits per heavy atom. The molecule has 2 rings (SSSR count). The number of carbonyl (C=O) groups is 1. The zero-order valence-corrected chi connectivity index (χ0v) is 9.53. The molecule has 0 aliphatic heterocycles. The summed E-state index contributed by atoms with van der Waals surface area (Å²) in [7, 11) is 0. The van der Waals surface area contributed by atoms with Crippen molar-refractivity contribution >= 4 is 6.29 Å². The van der Waals surface area contributed by atoms with Crippen LogP contribution in [0, 0.1) is 6.92 Å². The van der Waals surface area contributed by atoms with Gasteiger partial charge in [-0.15, -0.1) is 0 Å². The Labute approximate surface area is 95.6 Å². The Bertz CT molecular complexity index is 401. The molecular formula is C13H17NO2. The first-order valence-electron chi connectivity index (χ1n) is 5.65. The van der Waals surface area contributed by atoms with Gasteiger partial charge in [-0.1, -0.05) is 0 Å². The first-order chi connectivity index (χ1) is 7.70. The zero-order chi connectivity index (χ0) is 11.5. The molecule has 0 heterocycles. The summed E-state index contributed by atoms with van der Waals surface area (Å²) in [6.07, 6.45) is 3.21. The lowest BCUT2D eigenvalue weighted by Crippen LogP contribution is -2.19. The summed E-state index contributed by atoms with van der Waals surface area (Å²) in [6.45, 7) is 2.54. The van der Waals surface area contributed by atoms with Gasteiger partial charge in [0.2, 0.25) is 0 Å². The van der Waals surface area contributed by atoms with Crippen molar-refractivity contribution in [2.75, 3.05) is 6.61 Å². The van der Waals surface area contributed by atoms with Gasteiger partial charge in [0.1, 0.15) is 12.0 Å². The summed E-state index contributed by atoms with van der Waals surface area (Å²) in [5, 5.41) is 0. The average molecular weight is 219 g/mol. The number of hydrogen-bond donors (Lipinski definition) is 1. The van der Waals surface area contributed by atoms with Crippen molar-refractivity contribution in [1.29, 1.82) is 0 Å². The van der Waals surface area contributed by atoms with Gasteiger partial charge in [0, 0.05) is 12.5 Å². The Morgan fingerprint density at radius 1 is 1.50 bits per heavy atom. The monoisotopic (exact) mass is 219 g/mol. The predicted molar refractivity (Wildman–Crippen MR) is 62.7 cm³/mol. The normalized spacial score (nSPS) is 18.2. The number of rotatable bonds is 4. The maximum atomic E-state index is 10.2. The molecule has 0 radical (unpaired) electrons. The maximum absolute atomic E-state index is 10.2. The first kappa shape index (κ1) is 11.1. The van der Waals surface area contributed by atoms with Gasteiger partial charge in [-0.05, 0) is 48.6 Å². The number of nitrogens with two attached hydrogens (primary N) is 1. The van der Waals surface area contributed by atoms with Crippen LogP contribution in [-0.4, -0.2) is 18.9 Å². The van der Waals surface area contributed by atoms with Crippen molar-refractivity contribution in [2.24, 2.45) is 5.73 Å². The molecule has 0 amide bonds. The van der Waals surface area contributed by atoms with E-state index in [4.69, 9.17) is 10.5 Å². The van der Waals surface area contributed by atoms with Gasteiger partial charge in [0.15, 0.2) is 0 Å². The van der Waals surface area contributed by atoms with Crippen molar-refractivity contribution in [1.82, 2.24) is 0 Å². The summed E-state index contributed by atoms with van der Waals surface area (Å²) in [6, 6.07) is 4.33. The van der Waals surface area contributed by atoms with E-state index in [1.54, 1.807) is 0 Å². The van der Waals surface area contributed by atoms with E-state index in [2.05, 4.69) is 13.0 Å². The van der Waals surface area contributed by atoms with Gasteiger partial charge < -0.3 is 15.3 Å². The van der Waals surface area contributed by atoms with Gasteiger partial charge in [-0.2, -0.15) is 0 Å². The minimum absolute atomic E-state index is 0.249. The van der Waals surface area contributed by atoms with Crippen LogP contribution < -0.4 is 10.5 Å². The van der Waals surface area contributed by atoms with E-state index >= 15 is 0 Å². The summed E-state index contributed by atoms with van der Waals surface area (Å²) in [5.74, 6) is 0.854. The largest absolute Gasteiger partial charge is 0.493 e. The molecule has 0 saturated carbocycles. The lowest BCUT2D eigenvalue weighted by molar-refractivity contribution is -0.108. The number of carbonyl (C=O) groups excluding carboxylic acids is 1. The number of hydrogen-bond acceptors (Lipinski definition) is 3. The van der Waals surface area contributed by atoms with Gasteiger partial charge >= 0.3 is 0 Å². The zero-order valence-electron chi connectivity index (χ0n) is 9.53. The minimum atomic E-state index is 0.249. The fourth-order valence-electron chi connectivity index (χ4n) is 2.25. The predicted octanol–water partition coefficient (Wildman–Crippen LogP) is 1.39. The van der Waals surface area contributed by atoms with E-state index in [0.717, 1.165) is 24.9 Å². The third-order valence-electron chi connectivity index (χ3n) is 2.99. The molecule has 0 bridgehead atoms. The summed E-state index contributed by atoms with van der Waals surface area (Å²) >= 11 is 0. The van der Waals surface area contributed by atoms with Crippen LogP contribution in [0.15, 0.2) is 12.1 Å². The van der Waals surface area contributed by atoms with Crippen LogP contribution in [0.5, 0.6) is 5.75 Å². The van der Waals surface area contributed by atoms with E-state index in [9.17, 15) is 4.79 Å². The van der Waals surface area contributed by atoms with Gasteiger partial charge in [0.05, 0.1) is 6.61 Å². The summed E-state index contributed by atoms with van der Waals surface area (Å²) in [4.78, 5) is 10.2. The van der Waals surface area contributed by atoms with E-state index in [0.29, 0.717) is 13.0 Å². The second kappa shape index (κ2) is 4.66. The second-order valence-electron chi connectivity index (χ2n) is 4.35. The average Bonchev–Trinajstić information content (AvgIpc) is 2.60. The SMILES string of the molecule is Cc1cc(OCCC=O)cc2c1CC(N)C2. The molecule has 1 aromatic rings. The van der Waals surface area contributed by atoms with Crippen molar-refractivity contribution in [2.45, 2.75) is 32.2 Å². The molecule has 1 atom stereocenters. The molecule has 0 aromatic heterocycles. The van der Waals surface area contributed by atoms with Gasteiger partial charge in [-0.3, -0.25) is 0 Å². The van der Waals surface area contributed by atoms with Crippen molar-refractivity contribution in [3.8, 4) is 5.75 Å². The molecule has 0 saturated heterocycles. The molecule has 1 aliphatic rings. The molecule has 1 aliphatic carbocycles. The van der Waals surface area contributed by atoms with Gasteiger partial charge in [0.25, 0.3) is 0 Å². The smallest absolute Gasteiger partial charge is 0.123 e. The van der Waals surface area contributed by atoms with Crippen molar-refractivity contribution in [3.63, 3.8) is 0 Å². The van der Waals surface area contributed by atoms with Gasteiger partial charge in [-0.25, -0.2) is 0 Å². The number of aldehydes is 1. The Hall–Kier alpha value is -1.35. The molecule has 0 fully saturated rings. The fraction of sp³-hybridized carbons (Fsp3) is 0.462. The van der Waals surface area contributed by atoms with Crippen LogP contribution in [0.1, 0.15) is 23.1 Å². The quantitative estimate of drug-likeness (QED) is 0.615. The Kier molecular flexibility index (Phi) is 3.25. The molecule has 86 valence electrons. The highest BCUT2D eigenvalue weighted by Gasteiger charge is 2.20. The molecule has 3 heteroatoms. The summed E-state index contributed by atoms with van der Waals surface area (Å²) < 4.78 is 5.52. The first-order valence-corrected chi connectivity index (χ1v) is 5.65. The standard InChI is InChI=1S/C13H17NO2/c1-9-5-12(16-4-2-3-15)7-10-6-11(14)8-13(9)10/h3,5,7,11H,2,4,6,8,14H2,1H3. The molecule has 2 N–H and O–H groups in total. The topological polar surface area (TPSA) is 52.3 Å². The highest BCUT2D eigenvalue weighted by molar-refractivity contribution is 5.49. The lowest BCUT2D eigenvalue weighted by atomic mass is 10.0. The van der Waals surface area contributed by atoms with Crippen LogP contribution >= 0.6 is 0 Å². The van der Waals surface area contributed by atoms with Crippen molar-refractivity contribution in [3.05, 3.63) is 28.8 Å². The molecule has 3 nitrogen and oxygen atoms in total. The Balaban J connectivity index is 2.14.